The van der Waals surface area contributed by atoms with Crippen LogP contribution in [0.1, 0.15) is 16.1 Å². The number of nitrogens with zero attached hydrogens (tertiary/aromatic N) is 3. The van der Waals surface area contributed by atoms with Gasteiger partial charge in [0, 0.05) is 18.0 Å². The van der Waals surface area contributed by atoms with E-state index in [0.717, 1.165) is 0 Å². The van der Waals surface area contributed by atoms with E-state index in [0.29, 0.717) is 22.3 Å². The van der Waals surface area contributed by atoms with Gasteiger partial charge in [0.1, 0.15) is 23.1 Å². The Morgan fingerprint density at radius 3 is 2.81 bits per heavy atom. The van der Waals surface area contributed by atoms with Gasteiger partial charge in [0.25, 0.3) is 0 Å². The first-order valence-corrected chi connectivity index (χ1v) is 6.03. The second-order valence-electron chi connectivity index (χ2n) is 4.42. The van der Waals surface area contributed by atoms with E-state index in [1.54, 1.807) is 35.1 Å². The summed E-state index contributed by atoms with van der Waals surface area (Å²) < 4.78 is 1.69. The van der Waals surface area contributed by atoms with Crippen LogP contribution < -0.4 is 0 Å². The molecule has 1 aromatic carbocycles. The maximum atomic E-state index is 10.9. The summed E-state index contributed by atoms with van der Waals surface area (Å²) in [6.45, 7) is 0. The van der Waals surface area contributed by atoms with Gasteiger partial charge in [0.05, 0.1) is 11.7 Å². The predicted octanol–water partition coefficient (Wildman–Crippen LogP) is 2.28. The number of phenols is 1. The zero-order valence-corrected chi connectivity index (χ0v) is 10.7. The smallest absolute Gasteiger partial charge is 0.339 e. The van der Waals surface area contributed by atoms with E-state index in [2.05, 4.69) is 11.1 Å². The zero-order chi connectivity index (χ0) is 15.0. The molecule has 0 saturated heterocycles. The van der Waals surface area contributed by atoms with Gasteiger partial charge in [0.15, 0.2) is 0 Å². The Morgan fingerprint density at radius 1 is 1.33 bits per heavy atom. The van der Waals surface area contributed by atoms with Gasteiger partial charge in [-0.15, -0.1) is 0 Å². The van der Waals surface area contributed by atoms with Crippen molar-refractivity contribution >= 4 is 11.5 Å². The van der Waals surface area contributed by atoms with Crippen LogP contribution in [0.5, 0.6) is 5.75 Å². The number of aromatic hydroxyl groups is 1. The molecular weight excluding hydrogens is 270 g/mol. The highest BCUT2D eigenvalue weighted by atomic mass is 16.4. The Balaban J connectivity index is 2.24. The molecule has 0 aliphatic rings. The number of benzene rings is 1. The molecule has 6 heteroatoms. The number of hydrogen-bond donors (Lipinski definition) is 2. The van der Waals surface area contributed by atoms with Crippen molar-refractivity contribution in [1.82, 2.24) is 9.38 Å². The maximum absolute atomic E-state index is 10.9. The number of carboxylic acid groups (broad SMARTS) is 1. The van der Waals surface area contributed by atoms with Gasteiger partial charge >= 0.3 is 5.97 Å². The number of rotatable bonds is 2. The second kappa shape index (κ2) is 4.65. The molecule has 0 unspecified atom stereocenters. The quantitative estimate of drug-likeness (QED) is 0.749. The first-order chi connectivity index (χ1) is 10.1. The Bertz CT molecular complexity index is 906. The predicted molar refractivity (Wildman–Crippen MR) is 74.0 cm³/mol. The lowest BCUT2D eigenvalue weighted by atomic mass is 10.0. The Labute approximate surface area is 119 Å². The Kier molecular flexibility index (Phi) is 2.81. The third-order valence-corrected chi connectivity index (χ3v) is 3.23. The van der Waals surface area contributed by atoms with Crippen molar-refractivity contribution in [3.63, 3.8) is 0 Å². The van der Waals surface area contributed by atoms with Crippen molar-refractivity contribution in [2.75, 3.05) is 0 Å². The largest absolute Gasteiger partial charge is 0.507 e. The van der Waals surface area contributed by atoms with Gasteiger partial charge in [0.2, 0.25) is 0 Å². The van der Waals surface area contributed by atoms with E-state index < -0.39 is 5.97 Å². The number of hydrogen-bond acceptors (Lipinski definition) is 4. The van der Waals surface area contributed by atoms with Gasteiger partial charge in [-0.1, -0.05) is 6.07 Å². The molecule has 0 aliphatic heterocycles. The van der Waals surface area contributed by atoms with Gasteiger partial charge in [-0.25, -0.2) is 4.79 Å². The zero-order valence-electron chi connectivity index (χ0n) is 10.7. The van der Waals surface area contributed by atoms with Gasteiger partial charge in [-0.05, 0) is 23.8 Å². The summed E-state index contributed by atoms with van der Waals surface area (Å²) in [6.07, 6.45) is 4.85. The van der Waals surface area contributed by atoms with E-state index in [9.17, 15) is 9.90 Å². The molecule has 3 rings (SSSR count). The van der Waals surface area contributed by atoms with Crippen LogP contribution in [0.3, 0.4) is 0 Å². The number of carbonyl (C=O) groups is 1. The summed E-state index contributed by atoms with van der Waals surface area (Å²) in [5, 5.41) is 27.9. The van der Waals surface area contributed by atoms with Crippen molar-refractivity contribution in [2.45, 2.75) is 0 Å². The minimum absolute atomic E-state index is 0.166. The highest BCUT2D eigenvalue weighted by molar-refractivity contribution is 5.93. The standard InChI is InChI=1S/C15H9N3O3/c16-7-10-6-12(13-8-17-3-4-18(10)13)9-1-2-11(15(20)21)14(19)5-9/h1-6,8,19H,(H,20,21). The van der Waals surface area contributed by atoms with E-state index in [1.807, 2.05) is 0 Å². The fraction of sp³-hybridized carbons (Fsp3) is 0. The van der Waals surface area contributed by atoms with Crippen molar-refractivity contribution in [3.05, 3.63) is 54.1 Å². The SMILES string of the molecule is N#Cc1cc(-c2ccc(C(=O)O)c(O)c2)c2cnccn12. The lowest BCUT2D eigenvalue weighted by Gasteiger charge is -2.04. The summed E-state index contributed by atoms with van der Waals surface area (Å²) in [5.74, 6) is -1.51. The molecule has 3 aromatic rings. The van der Waals surface area contributed by atoms with E-state index in [4.69, 9.17) is 10.4 Å². The normalized spacial score (nSPS) is 10.4. The molecule has 2 aromatic heterocycles. The number of aromatic carboxylic acids is 1. The van der Waals surface area contributed by atoms with Crippen LogP contribution in [-0.4, -0.2) is 25.6 Å². The fourth-order valence-corrected chi connectivity index (χ4v) is 2.25. The molecule has 0 amide bonds. The number of nitriles is 1. The third-order valence-electron chi connectivity index (χ3n) is 3.23. The van der Waals surface area contributed by atoms with E-state index in [1.165, 1.54) is 12.1 Å². The van der Waals surface area contributed by atoms with Crippen LogP contribution in [0.4, 0.5) is 0 Å². The molecule has 102 valence electrons. The van der Waals surface area contributed by atoms with Crippen molar-refractivity contribution < 1.29 is 15.0 Å². The average Bonchev–Trinajstić information content (AvgIpc) is 2.85. The highest BCUT2D eigenvalue weighted by Crippen LogP contribution is 2.31. The van der Waals surface area contributed by atoms with Crippen molar-refractivity contribution in [3.8, 4) is 22.9 Å². The third kappa shape index (κ3) is 1.97. The topological polar surface area (TPSA) is 98.6 Å². The minimum Gasteiger partial charge on any atom is -0.507 e. The summed E-state index contributed by atoms with van der Waals surface area (Å²) in [4.78, 5) is 14.9. The molecule has 6 nitrogen and oxygen atoms in total. The molecule has 0 saturated carbocycles. The van der Waals surface area contributed by atoms with Crippen molar-refractivity contribution in [1.29, 1.82) is 5.26 Å². The molecule has 0 aliphatic carbocycles. The van der Waals surface area contributed by atoms with Gasteiger partial charge < -0.3 is 14.6 Å². The molecule has 2 heterocycles. The highest BCUT2D eigenvalue weighted by Gasteiger charge is 2.14. The van der Waals surface area contributed by atoms with E-state index in [-0.39, 0.29) is 11.3 Å². The Hall–Kier alpha value is -3.33. The van der Waals surface area contributed by atoms with Crippen molar-refractivity contribution in [2.24, 2.45) is 0 Å². The van der Waals surface area contributed by atoms with Gasteiger partial charge in [-0.3, -0.25) is 4.98 Å². The summed E-state index contributed by atoms with van der Waals surface area (Å²) in [7, 11) is 0. The van der Waals surface area contributed by atoms with E-state index >= 15 is 0 Å². The lowest BCUT2D eigenvalue weighted by Crippen LogP contribution is -1.96. The molecule has 2 N–H and O–H groups in total. The second-order valence-corrected chi connectivity index (χ2v) is 4.42. The number of carboxylic acids is 1. The monoisotopic (exact) mass is 279 g/mol. The average molecular weight is 279 g/mol. The fourth-order valence-electron chi connectivity index (χ4n) is 2.25. The lowest BCUT2D eigenvalue weighted by molar-refractivity contribution is 0.0694. The number of fused-ring (bicyclic) bond motifs is 1. The summed E-state index contributed by atoms with van der Waals surface area (Å²) in [6, 6.07) is 8.05. The molecule has 0 spiro atoms. The van der Waals surface area contributed by atoms with Crippen LogP contribution in [0, 0.1) is 11.3 Å². The molecule has 0 fully saturated rings. The van der Waals surface area contributed by atoms with Crippen LogP contribution in [0.25, 0.3) is 16.6 Å². The summed E-state index contributed by atoms with van der Waals surface area (Å²) >= 11 is 0. The molecule has 0 atom stereocenters. The molecular formula is C15H9N3O3. The van der Waals surface area contributed by atoms with Crippen LogP contribution in [-0.2, 0) is 0 Å². The van der Waals surface area contributed by atoms with Crippen LogP contribution in [0.15, 0.2) is 42.9 Å². The maximum Gasteiger partial charge on any atom is 0.339 e. The first kappa shape index (κ1) is 12.7. The molecule has 21 heavy (non-hydrogen) atoms. The summed E-state index contributed by atoms with van der Waals surface area (Å²) in [5.41, 5.74) is 2.29. The Morgan fingerprint density at radius 2 is 2.14 bits per heavy atom. The minimum atomic E-state index is -1.19. The molecule has 0 radical (unpaired) electrons. The molecule has 0 bridgehead atoms. The number of aromatic nitrogens is 2. The van der Waals surface area contributed by atoms with Crippen LogP contribution in [0.2, 0.25) is 0 Å². The van der Waals surface area contributed by atoms with Gasteiger partial charge in [-0.2, -0.15) is 5.26 Å². The van der Waals surface area contributed by atoms with Crippen LogP contribution >= 0.6 is 0 Å². The first-order valence-electron chi connectivity index (χ1n) is 6.03.